The van der Waals surface area contributed by atoms with Crippen LogP contribution in [0.2, 0.25) is 0 Å². The first-order valence-electron chi connectivity index (χ1n) is 7.03. The normalized spacial score (nSPS) is 17.4. The van der Waals surface area contributed by atoms with Gasteiger partial charge in [0.05, 0.1) is 6.10 Å². The van der Waals surface area contributed by atoms with E-state index in [-0.39, 0.29) is 17.9 Å². The van der Waals surface area contributed by atoms with E-state index >= 15 is 0 Å². The zero-order chi connectivity index (χ0) is 14.0. The van der Waals surface area contributed by atoms with Crippen LogP contribution in [-0.2, 0) is 4.79 Å². The van der Waals surface area contributed by atoms with Crippen molar-refractivity contribution < 1.29 is 9.90 Å². The van der Waals surface area contributed by atoms with Crippen molar-refractivity contribution in [3.63, 3.8) is 0 Å². The highest BCUT2D eigenvalue weighted by Gasteiger charge is 2.29. The van der Waals surface area contributed by atoms with E-state index in [1.165, 1.54) is 11.1 Å². The highest BCUT2D eigenvalue weighted by Crippen LogP contribution is 2.24. The molecule has 3 nitrogen and oxygen atoms in total. The number of carbonyl (C=O) groups is 1. The lowest BCUT2D eigenvalue weighted by Gasteiger charge is -2.36. The molecule has 3 heteroatoms. The van der Waals surface area contributed by atoms with Crippen LogP contribution in [0.15, 0.2) is 24.3 Å². The zero-order valence-corrected chi connectivity index (χ0v) is 12.0. The Balaban J connectivity index is 1.92. The Kier molecular flexibility index (Phi) is 4.25. The summed E-state index contributed by atoms with van der Waals surface area (Å²) in [4.78, 5) is 13.7. The molecule has 1 saturated heterocycles. The van der Waals surface area contributed by atoms with Gasteiger partial charge in [0, 0.05) is 19.5 Å². The van der Waals surface area contributed by atoms with Gasteiger partial charge in [0.1, 0.15) is 0 Å². The fourth-order valence-electron chi connectivity index (χ4n) is 2.38. The van der Waals surface area contributed by atoms with Crippen molar-refractivity contribution >= 4 is 5.91 Å². The minimum absolute atomic E-state index is 0.144. The van der Waals surface area contributed by atoms with Crippen LogP contribution in [0.25, 0.3) is 0 Å². The van der Waals surface area contributed by atoms with E-state index in [1.807, 2.05) is 0 Å². The van der Waals surface area contributed by atoms with Gasteiger partial charge in [0.2, 0.25) is 5.91 Å². The number of hydrogen-bond acceptors (Lipinski definition) is 2. The number of hydrogen-bond donors (Lipinski definition) is 1. The average molecular weight is 261 g/mol. The molecule has 0 saturated carbocycles. The van der Waals surface area contributed by atoms with Gasteiger partial charge in [-0.15, -0.1) is 0 Å². The van der Waals surface area contributed by atoms with Crippen molar-refractivity contribution in [3.8, 4) is 0 Å². The predicted octanol–water partition coefficient (Wildman–Crippen LogP) is 2.51. The van der Waals surface area contributed by atoms with Gasteiger partial charge in [-0.3, -0.25) is 4.79 Å². The van der Waals surface area contributed by atoms with Gasteiger partial charge in [0.25, 0.3) is 0 Å². The molecular formula is C16H23NO2. The first kappa shape index (κ1) is 14.1. The van der Waals surface area contributed by atoms with Crippen LogP contribution in [0.1, 0.15) is 50.2 Å². The first-order valence-corrected chi connectivity index (χ1v) is 7.03. The highest BCUT2D eigenvalue weighted by atomic mass is 16.3. The molecule has 1 fully saturated rings. The molecule has 1 aliphatic rings. The van der Waals surface area contributed by atoms with E-state index in [4.69, 9.17) is 0 Å². The standard InChI is InChI=1S/C16H23NO2/c1-11(2)13-4-6-14(7-5-13)12(3)8-16(19)17-9-15(18)10-17/h4-7,11-12,15,18H,8-10H2,1-3H3. The summed E-state index contributed by atoms with van der Waals surface area (Å²) in [5.41, 5.74) is 2.53. The molecule has 0 radical (unpaired) electrons. The van der Waals surface area contributed by atoms with Gasteiger partial charge in [-0.05, 0) is 23.0 Å². The summed E-state index contributed by atoms with van der Waals surface area (Å²) >= 11 is 0. The largest absolute Gasteiger partial charge is 0.389 e. The maximum Gasteiger partial charge on any atom is 0.223 e. The maximum atomic E-state index is 11.9. The Labute approximate surface area is 115 Å². The van der Waals surface area contributed by atoms with Crippen LogP contribution in [-0.4, -0.2) is 35.1 Å². The van der Waals surface area contributed by atoms with Crippen LogP contribution in [0, 0.1) is 0 Å². The fraction of sp³-hybridized carbons (Fsp3) is 0.562. The van der Waals surface area contributed by atoms with E-state index < -0.39 is 0 Å². The molecule has 1 aliphatic heterocycles. The molecule has 0 aliphatic carbocycles. The monoisotopic (exact) mass is 261 g/mol. The van der Waals surface area contributed by atoms with E-state index in [1.54, 1.807) is 4.90 Å². The Morgan fingerprint density at radius 1 is 1.21 bits per heavy atom. The van der Waals surface area contributed by atoms with Crippen molar-refractivity contribution in [3.05, 3.63) is 35.4 Å². The molecule has 0 bridgehead atoms. The third kappa shape index (κ3) is 3.35. The molecule has 1 heterocycles. The van der Waals surface area contributed by atoms with Crippen molar-refractivity contribution in [2.24, 2.45) is 0 Å². The number of likely N-dealkylation sites (tertiary alicyclic amines) is 1. The Hall–Kier alpha value is -1.35. The summed E-state index contributed by atoms with van der Waals surface area (Å²) in [5.74, 6) is 0.908. The summed E-state index contributed by atoms with van der Waals surface area (Å²) in [6.45, 7) is 7.43. The van der Waals surface area contributed by atoms with Crippen LogP contribution in [0.4, 0.5) is 0 Å². The van der Waals surface area contributed by atoms with Crippen LogP contribution < -0.4 is 0 Å². The summed E-state index contributed by atoms with van der Waals surface area (Å²) < 4.78 is 0. The van der Waals surface area contributed by atoms with E-state index in [9.17, 15) is 9.90 Å². The first-order chi connectivity index (χ1) is 8.97. The van der Waals surface area contributed by atoms with Crippen molar-refractivity contribution in [2.45, 2.75) is 45.1 Å². The molecule has 0 aromatic heterocycles. The molecule has 0 spiro atoms. The maximum absolute atomic E-state index is 11.9. The second-order valence-electron chi connectivity index (χ2n) is 5.88. The number of aliphatic hydroxyl groups excluding tert-OH is 1. The van der Waals surface area contributed by atoms with Gasteiger partial charge in [-0.1, -0.05) is 45.0 Å². The number of rotatable bonds is 4. The zero-order valence-electron chi connectivity index (χ0n) is 12.0. The lowest BCUT2D eigenvalue weighted by Crippen LogP contribution is -2.53. The number of benzene rings is 1. The van der Waals surface area contributed by atoms with Gasteiger partial charge in [-0.2, -0.15) is 0 Å². The highest BCUT2D eigenvalue weighted by molar-refractivity contribution is 5.78. The summed E-state index contributed by atoms with van der Waals surface area (Å²) in [7, 11) is 0. The molecule has 1 N–H and O–H groups in total. The molecule has 1 unspecified atom stereocenters. The topological polar surface area (TPSA) is 40.5 Å². The molecule has 1 aromatic carbocycles. The van der Waals surface area contributed by atoms with Crippen molar-refractivity contribution in [1.82, 2.24) is 4.90 Å². The smallest absolute Gasteiger partial charge is 0.223 e. The summed E-state index contributed by atoms with van der Waals surface area (Å²) in [5, 5.41) is 9.21. The predicted molar refractivity (Wildman–Crippen MR) is 76.1 cm³/mol. The molecule has 1 atom stereocenters. The number of β-amino-alcohol motifs (C(OH)–C–C–N with tert-alkyl or cyclic N) is 1. The lowest BCUT2D eigenvalue weighted by molar-refractivity contribution is -0.141. The second-order valence-corrected chi connectivity index (χ2v) is 5.88. The van der Waals surface area contributed by atoms with E-state index in [0.29, 0.717) is 25.4 Å². The molecule has 2 rings (SSSR count). The number of amides is 1. The summed E-state index contributed by atoms with van der Waals surface area (Å²) in [6, 6.07) is 8.54. The fourth-order valence-corrected chi connectivity index (χ4v) is 2.38. The Morgan fingerprint density at radius 2 is 1.74 bits per heavy atom. The molecular weight excluding hydrogens is 238 g/mol. The third-order valence-corrected chi connectivity index (χ3v) is 3.87. The quantitative estimate of drug-likeness (QED) is 0.904. The second kappa shape index (κ2) is 5.74. The average Bonchev–Trinajstić information content (AvgIpc) is 2.35. The Morgan fingerprint density at radius 3 is 2.21 bits per heavy atom. The van der Waals surface area contributed by atoms with Crippen LogP contribution in [0.5, 0.6) is 0 Å². The Bertz CT molecular complexity index is 433. The van der Waals surface area contributed by atoms with Crippen LogP contribution in [0.3, 0.4) is 0 Å². The minimum Gasteiger partial charge on any atom is -0.389 e. The van der Waals surface area contributed by atoms with Gasteiger partial charge >= 0.3 is 0 Å². The summed E-state index contributed by atoms with van der Waals surface area (Å²) in [6.07, 6.45) is 0.206. The van der Waals surface area contributed by atoms with Gasteiger partial charge < -0.3 is 10.0 Å². The van der Waals surface area contributed by atoms with Gasteiger partial charge in [-0.25, -0.2) is 0 Å². The van der Waals surface area contributed by atoms with Crippen molar-refractivity contribution in [2.75, 3.05) is 13.1 Å². The number of aliphatic hydroxyl groups is 1. The lowest BCUT2D eigenvalue weighted by atomic mass is 9.93. The van der Waals surface area contributed by atoms with Gasteiger partial charge in [0.15, 0.2) is 0 Å². The molecule has 1 amide bonds. The molecule has 1 aromatic rings. The number of nitrogens with zero attached hydrogens (tertiary/aromatic N) is 1. The SMILES string of the molecule is CC(C)c1ccc(C(C)CC(=O)N2CC(O)C2)cc1. The van der Waals surface area contributed by atoms with E-state index in [0.717, 1.165) is 0 Å². The van der Waals surface area contributed by atoms with Crippen molar-refractivity contribution in [1.29, 1.82) is 0 Å². The van der Waals surface area contributed by atoms with E-state index in [2.05, 4.69) is 45.0 Å². The minimum atomic E-state index is -0.315. The van der Waals surface area contributed by atoms with Crippen LogP contribution >= 0.6 is 0 Å². The number of carbonyl (C=O) groups excluding carboxylic acids is 1. The molecule has 104 valence electrons. The molecule has 19 heavy (non-hydrogen) atoms. The third-order valence-electron chi connectivity index (χ3n) is 3.87.